The zero-order valence-corrected chi connectivity index (χ0v) is 23.6. The van der Waals surface area contributed by atoms with E-state index in [9.17, 15) is 9.59 Å². The van der Waals surface area contributed by atoms with E-state index in [0.717, 1.165) is 34.8 Å². The number of aromatic nitrogens is 2. The summed E-state index contributed by atoms with van der Waals surface area (Å²) < 4.78 is 19.0. The molecule has 0 radical (unpaired) electrons. The molecule has 5 rings (SSSR count). The highest BCUT2D eigenvalue weighted by molar-refractivity contribution is 14.1. The first-order valence-corrected chi connectivity index (χ1v) is 14.0. The van der Waals surface area contributed by atoms with Gasteiger partial charge in [0.15, 0.2) is 18.1 Å². The summed E-state index contributed by atoms with van der Waals surface area (Å²) >= 11 is 2.16. The normalized spacial score (nSPS) is 16.7. The summed E-state index contributed by atoms with van der Waals surface area (Å²) in [6.45, 7) is 2.13. The quantitative estimate of drug-likeness (QED) is 0.287. The molecule has 10 heteroatoms. The van der Waals surface area contributed by atoms with Crippen molar-refractivity contribution in [2.45, 2.75) is 38.0 Å². The molecule has 0 spiro atoms. The number of fused-ring (bicyclic) bond motifs is 1. The molecule has 200 valence electrons. The zero-order chi connectivity index (χ0) is 26.5. The fourth-order valence-electron chi connectivity index (χ4n) is 4.99. The monoisotopic (exact) mass is 630 g/mol. The lowest BCUT2D eigenvalue weighted by atomic mass is 9.88. The molecule has 0 unspecified atom stereocenters. The molecule has 0 N–H and O–H groups in total. The molecule has 9 nitrogen and oxygen atoms in total. The summed E-state index contributed by atoms with van der Waals surface area (Å²) in [6.07, 6.45) is 7.12. The third kappa shape index (κ3) is 5.85. The van der Waals surface area contributed by atoms with Crippen LogP contribution in [0.1, 0.15) is 49.4 Å². The standard InChI is InChI=1S/C28H31IN4O5/c1-36-24-16-19(15-22(29)26(24)38-18-25(34)32-11-13-37-14-12-32)17-30-33-27(20-7-3-2-4-8-20)31-23-10-6-5-9-21(23)28(33)35/h5-6,9-10,15-17,20H,2-4,7-8,11-14,18H2,1H3. The Bertz CT molecular complexity index is 1390. The zero-order valence-electron chi connectivity index (χ0n) is 21.4. The van der Waals surface area contributed by atoms with Crippen LogP contribution < -0.4 is 15.0 Å². The number of halogens is 1. The van der Waals surface area contributed by atoms with E-state index in [2.05, 4.69) is 27.7 Å². The predicted molar refractivity (Wildman–Crippen MR) is 153 cm³/mol. The lowest BCUT2D eigenvalue weighted by Gasteiger charge is -2.27. The third-order valence-corrected chi connectivity index (χ3v) is 7.83. The maximum Gasteiger partial charge on any atom is 0.282 e. The van der Waals surface area contributed by atoms with E-state index in [1.165, 1.54) is 11.1 Å². The molecule has 1 saturated carbocycles. The largest absolute Gasteiger partial charge is 0.493 e. The number of carbonyl (C=O) groups excluding carboxylic acids is 1. The van der Waals surface area contributed by atoms with Gasteiger partial charge in [-0.1, -0.05) is 31.4 Å². The van der Waals surface area contributed by atoms with Crippen LogP contribution in [-0.2, 0) is 9.53 Å². The first kappa shape index (κ1) is 26.6. The topological polar surface area (TPSA) is 95.2 Å². The SMILES string of the molecule is COc1cc(C=Nn2c(C3CCCCC3)nc3ccccc3c2=O)cc(I)c1OCC(=O)N1CCOCC1. The van der Waals surface area contributed by atoms with Gasteiger partial charge in [0.05, 0.1) is 41.0 Å². The van der Waals surface area contributed by atoms with Crippen LogP contribution in [0.3, 0.4) is 0 Å². The highest BCUT2D eigenvalue weighted by Gasteiger charge is 2.23. The molecule has 1 amide bonds. The molecule has 0 atom stereocenters. The lowest BCUT2D eigenvalue weighted by Crippen LogP contribution is -2.43. The van der Waals surface area contributed by atoms with Crippen LogP contribution in [0.4, 0.5) is 0 Å². The third-order valence-electron chi connectivity index (χ3n) is 7.03. The average Bonchev–Trinajstić information content (AvgIpc) is 2.96. The number of nitrogens with zero attached hydrogens (tertiary/aromatic N) is 4. The number of benzene rings is 2. The Labute approximate surface area is 234 Å². The van der Waals surface area contributed by atoms with Crippen molar-refractivity contribution in [2.24, 2.45) is 5.10 Å². The maximum absolute atomic E-state index is 13.5. The number of rotatable bonds is 7. The molecule has 1 aliphatic carbocycles. The molecule has 2 aromatic carbocycles. The smallest absolute Gasteiger partial charge is 0.282 e. The van der Waals surface area contributed by atoms with Crippen molar-refractivity contribution in [3.63, 3.8) is 0 Å². The molecule has 38 heavy (non-hydrogen) atoms. The van der Waals surface area contributed by atoms with E-state index >= 15 is 0 Å². The molecule has 1 aliphatic heterocycles. The van der Waals surface area contributed by atoms with E-state index in [4.69, 9.17) is 19.2 Å². The summed E-state index contributed by atoms with van der Waals surface area (Å²) in [5.74, 6) is 1.82. The van der Waals surface area contributed by atoms with Crippen LogP contribution in [0, 0.1) is 3.57 Å². The van der Waals surface area contributed by atoms with E-state index in [0.29, 0.717) is 54.5 Å². The molecular weight excluding hydrogens is 599 g/mol. The van der Waals surface area contributed by atoms with Gasteiger partial charge >= 0.3 is 0 Å². The van der Waals surface area contributed by atoms with Crippen molar-refractivity contribution < 1.29 is 19.0 Å². The first-order chi connectivity index (χ1) is 18.5. The average molecular weight is 630 g/mol. The highest BCUT2D eigenvalue weighted by atomic mass is 127. The van der Waals surface area contributed by atoms with Gasteiger partial charge in [0.1, 0.15) is 5.82 Å². The van der Waals surface area contributed by atoms with Gasteiger partial charge in [0.25, 0.3) is 11.5 Å². The molecule has 3 aromatic rings. The van der Waals surface area contributed by atoms with Gasteiger partial charge in [-0.2, -0.15) is 9.78 Å². The Morgan fingerprint density at radius 1 is 1.18 bits per heavy atom. The van der Waals surface area contributed by atoms with E-state index in [1.807, 2.05) is 24.3 Å². The summed E-state index contributed by atoms with van der Waals surface area (Å²) in [4.78, 5) is 32.6. The summed E-state index contributed by atoms with van der Waals surface area (Å²) in [5.41, 5.74) is 1.28. The number of hydrogen-bond donors (Lipinski definition) is 0. The summed E-state index contributed by atoms with van der Waals surface area (Å²) in [7, 11) is 1.56. The maximum atomic E-state index is 13.5. The van der Waals surface area contributed by atoms with Crippen molar-refractivity contribution in [2.75, 3.05) is 40.0 Å². The minimum atomic E-state index is -0.171. The van der Waals surface area contributed by atoms with Gasteiger partial charge in [0.2, 0.25) is 0 Å². The number of methoxy groups -OCH3 is 1. The second kappa shape index (κ2) is 12.2. The number of hydrogen-bond acceptors (Lipinski definition) is 7. The Morgan fingerprint density at radius 3 is 2.71 bits per heavy atom. The van der Waals surface area contributed by atoms with Gasteiger partial charge in [-0.05, 0) is 65.3 Å². The van der Waals surface area contributed by atoms with Crippen LogP contribution in [0.5, 0.6) is 11.5 Å². The number of amides is 1. The van der Waals surface area contributed by atoms with Gasteiger partial charge in [-0.25, -0.2) is 4.98 Å². The Morgan fingerprint density at radius 2 is 1.95 bits per heavy atom. The van der Waals surface area contributed by atoms with Crippen LogP contribution >= 0.6 is 22.6 Å². The van der Waals surface area contributed by atoms with Crippen molar-refractivity contribution in [3.8, 4) is 11.5 Å². The molecular formula is C28H31IN4O5. The molecule has 1 saturated heterocycles. The van der Waals surface area contributed by atoms with Crippen LogP contribution in [0.15, 0.2) is 46.3 Å². The van der Waals surface area contributed by atoms with E-state index < -0.39 is 0 Å². The Hall–Kier alpha value is -2.99. The molecule has 2 fully saturated rings. The van der Waals surface area contributed by atoms with Crippen molar-refractivity contribution in [1.29, 1.82) is 0 Å². The summed E-state index contributed by atoms with van der Waals surface area (Å²) in [5, 5.41) is 5.17. The molecule has 0 bridgehead atoms. The second-order valence-corrected chi connectivity index (χ2v) is 10.7. The van der Waals surface area contributed by atoms with E-state index in [1.54, 1.807) is 30.4 Å². The fourth-order valence-corrected chi connectivity index (χ4v) is 5.78. The Kier molecular flexibility index (Phi) is 8.58. The number of morpholine rings is 1. The van der Waals surface area contributed by atoms with Crippen LogP contribution in [-0.4, -0.2) is 66.7 Å². The minimum Gasteiger partial charge on any atom is -0.493 e. The summed E-state index contributed by atoms with van der Waals surface area (Å²) in [6, 6.07) is 11.1. The van der Waals surface area contributed by atoms with Crippen LogP contribution in [0.25, 0.3) is 10.9 Å². The van der Waals surface area contributed by atoms with E-state index in [-0.39, 0.29) is 24.0 Å². The number of ether oxygens (including phenoxy) is 3. The Balaban J connectivity index is 1.42. The van der Waals surface area contributed by atoms with Gasteiger partial charge in [-0.3, -0.25) is 9.59 Å². The molecule has 2 heterocycles. The van der Waals surface area contributed by atoms with Crippen molar-refractivity contribution >= 4 is 45.6 Å². The van der Waals surface area contributed by atoms with Gasteiger partial charge < -0.3 is 19.1 Å². The van der Waals surface area contributed by atoms with Gasteiger partial charge in [-0.15, -0.1) is 0 Å². The second-order valence-electron chi connectivity index (χ2n) is 9.50. The number of para-hydroxylation sites is 1. The van der Waals surface area contributed by atoms with Crippen molar-refractivity contribution in [3.05, 3.63) is 61.7 Å². The molecule has 1 aromatic heterocycles. The highest BCUT2D eigenvalue weighted by Crippen LogP contribution is 2.34. The lowest BCUT2D eigenvalue weighted by molar-refractivity contribution is -0.137. The van der Waals surface area contributed by atoms with Gasteiger partial charge in [0, 0.05) is 19.0 Å². The first-order valence-electron chi connectivity index (χ1n) is 13.0. The fraction of sp³-hybridized carbons (Fsp3) is 0.429. The molecule has 2 aliphatic rings. The number of carbonyl (C=O) groups is 1. The van der Waals surface area contributed by atoms with Crippen molar-refractivity contribution in [1.82, 2.24) is 14.6 Å². The minimum absolute atomic E-state index is 0.0807. The predicted octanol–water partition coefficient (Wildman–Crippen LogP) is 4.18. The van der Waals surface area contributed by atoms with Crippen LogP contribution in [0.2, 0.25) is 0 Å².